The molecule has 1 aliphatic heterocycles. The number of rotatable bonds is 11. The number of hydrogen-bond donors (Lipinski definition) is 2. The number of carbonyl (C=O) groups excluding carboxylic acids is 1. The minimum Gasteiger partial charge on any atom is -0.494 e. The SMILES string of the molecule is Br.CCOc1cc2c(c(F)c1OCC)C(=N)N(CC(=O)c1cc(NCCC#N)c(OC)c(C(C)(C)C)c1)C2. The van der Waals surface area contributed by atoms with Crippen LogP contribution >= 0.6 is 17.0 Å². The molecule has 0 saturated carbocycles. The topological polar surface area (TPSA) is 108 Å². The lowest BCUT2D eigenvalue weighted by molar-refractivity contribution is 0.0962. The first-order valence-electron chi connectivity index (χ1n) is 12.4. The van der Waals surface area contributed by atoms with Gasteiger partial charge in [-0.3, -0.25) is 10.2 Å². The third-order valence-electron chi connectivity index (χ3n) is 6.08. The van der Waals surface area contributed by atoms with Crippen molar-refractivity contribution in [3.8, 4) is 23.3 Å². The van der Waals surface area contributed by atoms with Gasteiger partial charge < -0.3 is 24.4 Å². The second kappa shape index (κ2) is 13.0. The standard InChI is InChI=1S/C28H35FN4O4.BrH/c1-7-36-22-14-18-15-33(27(31)23(18)24(29)26(22)37-8-2)16-21(34)17-12-19(28(3,4)5)25(35-6)20(13-17)32-11-9-10-30;/h12-14,31-32H,7-9,11,15-16H2,1-6H3;1H. The summed E-state index contributed by atoms with van der Waals surface area (Å²) in [5.41, 5.74) is 2.29. The van der Waals surface area contributed by atoms with Crippen molar-refractivity contribution in [2.45, 2.75) is 53.0 Å². The first-order chi connectivity index (χ1) is 17.6. The lowest BCUT2D eigenvalue weighted by Crippen LogP contribution is -2.30. The highest BCUT2D eigenvalue weighted by Gasteiger charge is 2.33. The summed E-state index contributed by atoms with van der Waals surface area (Å²) >= 11 is 0. The average Bonchev–Trinajstić information content (AvgIpc) is 3.15. The van der Waals surface area contributed by atoms with E-state index in [9.17, 15) is 4.79 Å². The zero-order valence-corrected chi connectivity index (χ0v) is 24.5. The molecule has 0 atom stereocenters. The molecule has 0 saturated heterocycles. The molecule has 2 aromatic carbocycles. The van der Waals surface area contributed by atoms with E-state index in [4.69, 9.17) is 24.9 Å². The number of anilines is 1. The molecule has 1 aliphatic rings. The second-order valence-electron chi connectivity index (χ2n) is 9.74. The van der Waals surface area contributed by atoms with Gasteiger partial charge in [-0.2, -0.15) is 5.26 Å². The summed E-state index contributed by atoms with van der Waals surface area (Å²) in [5.74, 6) is -0.0338. The fraction of sp³-hybridized carbons (Fsp3) is 0.464. The van der Waals surface area contributed by atoms with Gasteiger partial charge in [0.2, 0.25) is 0 Å². The Bertz CT molecular complexity index is 1240. The molecule has 2 N–H and O–H groups in total. The van der Waals surface area contributed by atoms with Gasteiger partial charge in [0.25, 0.3) is 0 Å². The maximum absolute atomic E-state index is 15.4. The van der Waals surface area contributed by atoms with Crippen molar-refractivity contribution in [1.29, 1.82) is 10.7 Å². The number of ketones is 1. The highest BCUT2D eigenvalue weighted by atomic mass is 79.9. The van der Waals surface area contributed by atoms with Crippen LogP contribution in [-0.2, 0) is 12.0 Å². The molecule has 206 valence electrons. The zero-order valence-electron chi connectivity index (χ0n) is 22.8. The zero-order chi connectivity index (χ0) is 27.3. The molecule has 0 unspecified atom stereocenters. The van der Waals surface area contributed by atoms with Crippen molar-refractivity contribution in [2.75, 3.05) is 38.7 Å². The summed E-state index contributed by atoms with van der Waals surface area (Å²) in [5, 5.41) is 20.7. The van der Waals surface area contributed by atoms with Crippen molar-refractivity contribution in [2.24, 2.45) is 0 Å². The summed E-state index contributed by atoms with van der Waals surface area (Å²) in [4.78, 5) is 15.0. The van der Waals surface area contributed by atoms with E-state index in [0.717, 1.165) is 5.56 Å². The van der Waals surface area contributed by atoms with Gasteiger partial charge >= 0.3 is 0 Å². The van der Waals surface area contributed by atoms with E-state index in [1.165, 1.54) is 0 Å². The van der Waals surface area contributed by atoms with Crippen LogP contribution in [0.2, 0.25) is 0 Å². The highest BCUT2D eigenvalue weighted by molar-refractivity contribution is 8.93. The van der Waals surface area contributed by atoms with Gasteiger partial charge in [0, 0.05) is 24.2 Å². The molecule has 3 rings (SSSR count). The average molecular weight is 592 g/mol. The summed E-state index contributed by atoms with van der Waals surface area (Å²) in [6.07, 6.45) is 0.300. The van der Waals surface area contributed by atoms with E-state index in [1.54, 1.807) is 38.0 Å². The Morgan fingerprint density at radius 2 is 1.87 bits per heavy atom. The Kier molecular flexibility index (Phi) is 10.5. The molecule has 0 amide bonds. The van der Waals surface area contributed by atoms with Crippen LogP contribution in [0.3, 0.4) is 0 Å². The molecule has 2 aromatic rings. The molecule has 0 spiro atoms. The quantitative estimate of drug-likeness (QED) is 0.249. The van der Waals surface area contributed by atoms with Crippen LogP contribution < -0.4 is 19.5 Å². The number of carbonyl (C=O) groups is 1. The fourth-order valence-corrected chi connectivity index (χ4v) is 4.37. The largest absolute Gasteiger partial charge is 0.494 e. The smallest absolute Gasteiger partial charge is 0.197 e. The minimum atomic E-state index is -0.647. The molecule has 1 heterocycles. The maximum Gasteiger partial charge on any atom is 0.197 e. The number of nitrogens with one attached hydrogen (secondary N) is 2. The third-order valence-corrected chi connectivity index (χ3v) is 6.08. The third kappa shape index (κ3) is 6.38. The predicted molar refractivity (Wildman–Crippen MR) is 151 cm³/mol. The molecule has 0 fully saturated rings. The number of halogens is 2. The lowest BCUT2D eigenvalue weighted by Gasteiger charge is -2.26. The van der Waals surface area contributed by atoms with Crippen LogP contribution in [0.5, 0.6) is 17.2 Å². The number of ether oxygens (including phenoxy) is 3. The lowest BCUT2D eigenvalue weighted by atomic mass is 9.84. The van der Waals surface area contributed by atoms with Crippen LogP contribution in [0.4, 0.5) is 10.1 Å². The van der Waals surface area contributed by atoms with Crippen LogP contribution in [0.1, 0.15) is 68.1 Å². The Morgan fingerprint density at radius 1 is 1.18 bits per heavy atom. The normalized spacial score (nSPS) is 12.4. The molecule has 10 heteroatoms. The molecular weight excluding hydrogens is 555 g/mol. The van der Waals surface area contributed by atoms with Crippen LogP contribution in [-0.4, -0.2) is 49.9 Å². The van der Waals surface area contributed by atoms with Gasteiger partial charge in [-0.15, -0.1) is 17.0 Å². The Hall–Kier alpha value is -3.32. The van der Waals surface area contributed by atoms with Crippen LogP contribution in [0.15, 0.2) is 18.2 Å². The molecule has 0 bridgehead atoms. The number of nitrogens with zero attached hydrogens (tertiary/aromatic N) is 2. The number of amidine groups is 1. The van der Waals surface area contributed by atoms with E-state index >= 15 is 4.39 Å². The Morgan fingerprint density at radius 3 is 2.45 bits per heavy atom. The number of nitriles is 1. The van der Waals surface area contributed by atoms with Gasteiger partial charge in [0.1, 0.15) is 11.6 Å². The van der Waals surface area contributed by atoms with Crippen molar-refractivity contribution in [1.82, 2.24) is 4.90 Å². The molecule has 38 heavy (non-hydrogen) atoms. The molecule has 0 aromatic heterocycles. The minimum absolute atomic E-state index is 0. The highest BCUT2D eigenvalue weighted by Crippen LogP contribution is 2.40. The Labute approximate surface area is 234 Å². The van der Waals surface area contributed by atoms with E-state index in [1.807, 2.05) is 26.8 Å². The van der Waals surface area contributed by atoms with Crippen molar-refractivity contribution in [3.05, 3.63) is 46.3 Å². The van der Waals surface area contributed by atoms with E-state index in [2.05, 4.69) is 11.4 Å². The van der Waals surface area contributed by atoms with E-state index < -0.39 is 5.82 Å². The summed E-state index contributed by atoms with van der Waals surface area (Å²) in [6, 6.07) is 7.31. The van der Waals surface area contributed by atoms with Crippen LogP contribution in [0, 0.1) is 22.6 Å². The van der Waals surface area contributed by atoms with Crippen LogP contribution in [0.25, 0.3) is 0 Å². The van der Waals surface area contributed by atoms with Gasteiger partial charge in [0.15, 0.2) is 23.1 Å². The fourth-order valence-electron chi connectivity index (χ4n) is 4.37. The van der Waals surface area contributed by atoms with Crippen molar-refractivity contribution >= 4 is 34.3 Å². The first kappa shape index (κ1) is 30.9. The molecule has 0 radical (unpaired) electrons. The van der Waals surface area contributed by atoms with Gasteiger partial charge in [0.05, 0.1) is 50.6 Å². The number of Topliss-reactive ketones (excluding diaryl/α,β-unsaturated/α-hetero) is 1. The first-order valence-corrected chi connectivity index (χ1v) is 12.4. The van der Waals surface area contributed by atoms with Gasteiger partial charge in [-0.05, 0) is 43.0 Å². The second-order valence-corrected chi connectivity index (χ2v) is 9.74. The molecule has 8 nitrogen and oxygen atoms in total. The number of methoxy groups -OCH3 is 1. The maximum atomic E-state index is 15.4. The summed E-state index contributed by atoms with van der Waals surface area (Å²) < 4.78 is 32.1. The van der Waals surface area contributed by atoms with Crippen molar-refractivity contribution in [3.63, 3.8) is 0 Å². The number of hydrogen-bond acceptors (Lipinski definition) is 7. The predicted octanol–water partition coefficient (Wildman–Crippen LogP) is 5.86. The van der Waals surface area contributed by atoms with E-state index in [0.29, 0.717) is 47.9 Å². The molecule has 0 aliphatic carbocycles. The van der Waals surface area contributed by atoms with Gasteiger partial charge in [-0.25, -0.2) is 4.39 Å². The monoisotopic (exact) mass is 590 g/mol. The van der Waals surface area contributed by atoms with Gasteiger partial charge in [-0.1, -0.05) is 20.8 Å². The number of benzene rings is 2. The summed E-state index contributed by atoms with van der Waals surface area (Å²) in [6.45, 7) is 10.7. The number of fused-ring (bicyclic) bond motifs is 1. The summed E-state index contributed by atoms with van der Waals surface area (Å²) in [7, 11) is 1.58. The van der Waals surface area contributed by atoms with Crippen molar-refractivity contribution < 1.29 is 23.4 Å². The Balaban J connectivity index is 0.00000507. The van der Waals surface area contributed by atoms with E-state index in [-0.39, 0.29) is 65.0 Å². The molecular formula is C28H36BrFN4O4.